The number of nitrogens with one attached hydrogen (secondary N) is 1. The zero-order valence-corrected chi connectivity index (χ0v) is 12.5. The third-order valence-corrected chi connectivity index (χ3v) is 3.31. The second-order valence-corrected chi connectivity index (χ2v) is 5.06. The molecule has 0 bridgehead atoms. The monoisotopic (exact) mass is 305 g/mol. The average Bonchev–Trinajstić information content (AvgIpc) is 2.55. The van der Waals surface area contributed by atoms with Crippen molar-refractivity contribution in [2.75, 3.05) is 5.32 Å². The molecule has 5 heteroatoms. The van der Waals surface area contributed by atoms with E-state index in [2.05, 4.69) is 15.3 Å². The smallest absolute Gasteiger partial charge is 0.337 e. The summed E-state index contributed by atoms with van der Waals surface area (Å²) in [6, 6.07) is 18.2. The Morgan fingerprint density at radius 2 is 1.70 bits per heavy atom. The van der Waals surface area contributed by atoms with Crippen molar-refractivity contribution in [3.8, 4) is 11.4 Å². The second-order valence-electron chi connectivity index (χ2n) is 5.06. The highest BCUT2D eigenvalue weighted by atomic mass is 16.4. The molecule has 0 fully saturated rings. The zero-order chi connectivity index (χ0) is 16.2. The van der Waals surface area contributed by atoms with Crippen LogP contribution in [-0.2, 0) is 0 Å². The van der Waals surface area contributed by atoms with Gasteiger partial charge in [0, 0.05) is 17.3 Å². The number of hydrogen-bond acceptors (Lipinski definition) is 4. The van der Waals surface area contributed by atoms with Gasteiger partial charge in [-0.1, -0.05) is 42.5 Å². The molecule has 2 aromatic carbocycles. The molecule has 0 aliphatic carbocycles. The van der Waals surface area contributed by atoms with Gasteiger partial charge < -0.3 is 10.4 Å². The van der Waals surface area contributed by atoms with Crippen LogP contribution in [0.15, 0.2) is 60.7 Å². The number of aryl methyl sites for hydroxylation is 1. The van der Waals surface area contributed by atoms with Gasteiger partial charge in [0.2, 0.25) is 0 Å². The van der Waals surface area contributed by atoms with Crippen molar-refractivity contribution in [2.24, 2.45) is 0 Å². The van der Waals surface area contributed by atoms with E-state index < -0.39 is 5.97 Å². The Balaban J connectivity index is 1.99. The van der Waals surface area contributed by atoms with Crippen LogP contribution in [0.25, 0.3) is 11.4 Å². The molecule has 3 aromatic rings. The van der Waals surface area contributed by atoms with E-state index in [1.165, 1.54) is 0 Å². The van der Waals surface area contributed by atoms with Gasteiger partial charge in [-0.3, -0.25) is 0 Å². The Morgan fingerprint density at radius 3 is 2.43 bits per heavy atom. The molecule has 3 rings (SSSR count). The number of anilines is 2. The molecule has 0 saturated carbocycles. The summed E-state index contributed by atoms with van der Waals surface area (Å²) in [5.74, 6) is 0.174. The fourth-order valence-corrected chi connectivity index (χ4v) is 2.27. The lowest BCUT2D eigenvalue weighted by molar-refractivity contribution is 0.0698. The van der Waals surface area contributed by atoms with E-state index >= 15 is 0 Å². The lowest BCUT2D eigenvalue weighted by Crippen LogP contribution is -2.04. The van der Waals surface area contributed by atoms with Gasteiger partial charge in [-0.2, -0.15) is 0 Å². The molecular weight excluding hydrogens is 290 g/mol. The van der Waals surface area contributed by atoms with Crippen LogP contribution in [0.2, 0.25) is 0 Å². The first-order chi connectivity index (χ1) is 11.1. The van der Waals surface area contributed by atoms with Crippen molar-refractivity contribution < 1.29 is 9.90 Å². The lowest BCUT2D eigenvalue weighted by Gasteiger charge is -2.10. The summed E-state index contributed by atoms with van der Waals surface area (Å²) in [5, 5.41) is 12.3. The summed E-state index contributed by atoms with van der Waals surface area (Å²) >= 11 is 0. The standard InChI is InChI=1S/C18H15N3O2/c1-12-11-16(20-15-10-6-5-9-14(15)18(22)23)21-17(19-12)13-7-3-2-4-8-13/h2-11H,1H3,(H,22,23)(H,19,20,21). The fourth-order valence-electron chi connectivity index (χ4n) is 2.27. The molecule has 0 spiro atoms. The number of carbonyl (C=O) groups is 1. The van der Waals surface area contributed by atoms with Crippen LogP contribution in [0.4, 0.5) is 11.5 Å². The summed E-state index contributed by atoms with van der Waals surface area (Å²) in [5.41, 5.74) is 2.40. The van der Waals surface area contributed by atoms with Crippen LogP contribution >= 0.6 is 0 Å². The molecule has 2 N–H and O–H groups in total. The number of carboxylic acids is 1. The van der Waals surface area contributed by atoms with E-state index in [0.717, 1.165) is 11.3 Å². The van der Waals surface area contributed by atoms with E-state index in [1.54, 1.807) is 30.3 Å². The van der Waals surface area contributed by atoms with E-state index in [0.29, 0.717) is 17.3 Å². The average molecular weight is 305 g/mol. The molecular formula is C18H15N3O2. The van der Waals surface area contributed by atoms with Crippen LogP contribution in [0.3, 0.4) is 0 Å². The third kappa shape index (κ3) is 3.35. The molecule has 0 amide bonds. The number of nitrogens with zero attached hydrogens (tertiary/aromatic N) is 2. The van der Waals surface area contributed by atoms with Crippen LogP contribution in [0.5, 0.6) is 0 Å². The summed E-state index contributed by atoms with van der Waals surface area (Å²) in [7, 11) is 0. The van der Waals surface area contributed by atoms with Crippen molar-refractivity contribution in [1.29, 1.82) is 0 Å². The van der Waals surface area contributed by atoms with Crippen molar-refractivity contribution in [2.45, 2.75) is 6.92 Å². The number of aromatic carboxylic acids is 1. The van der Waals surface area contributed by atoms with Crippen LogP contribution in [0, 0.1) is 6.92 Å². The number of carboxylic acid groups (broad SMARTS) is 1. The van der Waals surface area contributed by atoms with Gasteiger partial charge in [-0.05, 0) is 19.1 Å². The number of para-hydroxylation sites is 1. The minimum absolute atomic E-state index is 0.199. The van der Waals surface area contributed by atoms with Gasteiger partial charge in [0.15, 0.2) is 5.82 Å². The molecule has 0 aliphatic rings. The Labute approximate surface area is 133 Å². The van der Waals surface area contributed by atoms with Gasteiger partial charge in [0.1, 0.15) is 5.82 Å². The van der Waals surface area contributed by atoms with Crippen molar-refractivity contribution in [3.63, 3.8) is 0 Å². The highest BCUT2D eigenvalue weighted by Crippen LogP contribution is 2.22. The molecule has 0 aliphatic heterocycles. The number of benzene rings is 2. The van der Waals surface area contributed by atoms with Gasteiger partial charge in [-0.15, -0.1) is 0 Å². The summed E-state index contributed by atoms with van der Waals surface area (Å²) in [6.45, 7) is 1.88. The summed E-state index contributed by atoms with van der Waals surface area (Å²) in [6.07, 6.45) is 0. The quantitative estimate of drug-likeness (QED) is 0.764. The first-order valence-electron chi connectivity index (χ1n) is 7.14. The number of rotatable bonds is 4. The Hall–Kier alpha value is -3.21. The first kappa shape index (κ1) is 14.7. The highest BCUT2D eigenvalue weighted by molar-refractivity contribution is 5.95. The van der Waals surface area contributed by atoms with Gasteiger partial charge in [0.25, 0.3) is 0 Å². The minimum atomic E-state index is -0.984. The molecule has 5 nitrogen and oxygen atoms in total. The molecule has 0 radical (unpaired) electrons. The number of aromatic nitrogens is 2. The molecule has 114 valence electrons. The summed E-state index contributed by atoms with van der Waals surface area (Å²) in [4.78, 5) is 20.2. The Bertz CT molecular complexity index is 848. The minimum Gasteiger partial charge on any atom is -0.478 e. The normalized spacial score (nSPS) is 10.3. The van der Waals surface area contributed by atoms with Crippen molar-refractivity contribution >= 4 is 17.5 Å². The fraction of sp³-hybridized carbons (Fsp3) is 0.0556. The van der Waals surface area contributed by atoms with E-state index in [-0.39, 0.29) is 5.56 Å². The zero-order valence-electron chi connectivity index (χ0n) is 12.5. The van der Waals surface area contributed by atoms with Crippen molar-refractivity contribution in [1.82, 2.24) is 9.97 Å². The molecule has 0 saturated heterocycles. The third-order valence-electron chi connectivity index (χ3n) is 3.31. The maximum absolute atomic E-state index is 11.3. The largest absolute Gasteiger partial charge is 0.478 e. The van der Waals surface area contributed by atoms with Gasteiger partial charge >= 0.3 is 5.97 Å². The molecule has 1 aromatic heterocycles. The predicted molar refractivity (Wildman–Crippen MR) is 88.9 cm³/mol. The topological polar surface area (TPSA) is 75.1 Å². The maximum atomic E-state index is 11.3. The molecule has 0 atom stereocenters. The van der Waals surface area contributed by atoms with Gasteiger partial charge in [-0.25, -0.2) is 14.8 Å². The maximum Gasteiger partial charge on any atom is 0.337 e. The van der Waals surface area contributed by atoms with Crippen LogP contribution in [0.1, 0.15) is 16.1 Å². The van der Waals surface area contributed by atoms with E-state index in [4.69, 9.17) is 0 Å². The predicted octanol–water partition coefficient (Wildman–Crippen LogP) is 3.89. The molecule has 1 heterocycles. The summed E-state index contributed by atoms with van der Waals surface area (Å²) < 4.78 is 0. The lowest BCUT2D eigenvalue weighted by atomic mass is 10.2. The van der Waals surface area contributed by atoms with Crippen LogP contribution in [-0.4, -0.2) is 21.0 Å². The van der Waals surface area contributed by atoms with E-state index in [9.17, 15) is 9.90 Å². The second kappa shape index (κ2) is 6.27. The SMILES string of the molecule is Cc1cc(Nc2ccccc2C(=O)O)nc(-c2ccccc2)n1. The Morgan fingerprint density at radius 1 is 1.00 bits per heavy atom. The van der Waals surface area contributed by atoms with E-state index in [1.807, 2.05) is 37.3 Å². The molecule has 0 unspecified atom stereocenters. The number of hydrogen-bond donors (Lipinski definition) is 2. The molecule has 23 heavy (non-hydrogen) atoms. The van der Waals surface area contributed by atoms with Crippen LogP contribution < -0.4 is 5.32 Å². The highest BCUT2D eigenvalue weighted by Gasteiger charge is 2.11. The Kier molecular flexibility index (Phi) is 4.01. The van der Waals surface area contributed by atoms with Gasteiger partial charge in [0.05, 0.1) is 11.3 Å². The first-order valence-corrected chi connectivity index (χ1v) is 7.14. The van der Waals surface area contributed by atoms with Crippen molar-refractivity contribution in [3.05, 3.63) is 71.9 Å².